The van der Waals surface area contributed by atoms with Gasteiger partial charge in [-0.05, 0) is 29.3 Å². The zero-order chi connectivity index (χ0) is 13.1. The number of nitrogen functional groups attached to an aromatic ring is 1. The molecule has 0 atom stereocenters. The summed E-state index contributed by atoms with van der Waals surface area (Å²) in [5, 5.41) is 7.98. The van der Waals surface area contributed by atoms with Gasteiger partial charge in [0.05, 0.1) is 0 Å². The van der Waals surface area contributed by atoms with Crippen molar-refractivity contribution in [1.29, 1.82) is 5.41 Å². The van der Waals surface area contributed by atoms with Gasteiger partial charge in [0.15, 0.2) is 0 Å². The number of nitrogens with two attached hydrogens (primary N) is 1. The first-order chi connectivity index (χ1) is 7.86. The number of benzene rings is 1. The van der Waals surface area contributed by atoms with Gasteiger partial charge >= 0.3 is 0 Å². The molecule has 3 N–H and O–H groups in total. The topological polar surface area (TPSA) is 53.1 Å². The molecule has 0 saturated carbocycles. The molecule has 3 nitrogen and oxygen atoms in total. The molecule has 0 unspecified atom stereocenters. The van der Waals surface area contributed by atoms with E-state index in [2.05, 4.69) is 26.5 Å². The molecular weight excluding hydrogens is 210 g/mol. The van der Waals surface area contributed by atoms with Crippen LogP contribution in [0.25, 0.3) is 0 Å². The smallest absolute Gasteiger partial charge is 0.100 e. The summed E-state index contributed by atoms with van der Waals surface area (Å²) in [4.78, 5) is 1.73. The maximum atomic E-state index is 7.98. The summed E-state index contributed by atoms with van der Waals surface area (Å²) in [5.41, 5.74) is 7.60. The van der Waals surface area contributed by atoms with Crippen LogP contribution in [-0.2, 0) is 5.41 Å². The van der Waals surface area contributed by atoms with Gasteiger partial charge in [-0.15, -0.1) is 0 Å². The highest BCUT2D eigenvalue weighted by molar-refractivity contribution is 5.81. The number of amidine groups is 1. The summed E-state index contributed by atoms with van der Waals surface area (Å²) in [6, 6.07) is 7.85. The third-order valence-corrected chi connectivity index (χ3v) is 2.98. The molecule has 0 aromatic heterocycles. The van der Waals surface area contributed by atoms with Crippen LogP contribution in [-0.4, -0.2) is 17.8 Å². The lowest BCUT2D eigenvalue weighted by Crippen LogP contribution is -2.29. The fourth-order valence-electron chi connectivity index (χ4n) is 1.72. The maximum absolute atomic E-state index is 7.98. The minimum Gasteiger partial charge on any atom is -0.399 e. The Bertz CT molecular complexity index is 421. The van der Waals surface area contributed by atoms with Gasteiger partial charge in [-0.3, -0.25) is 5.41 Å². The highest BCUT2D eigenvalue weighted by atomic mass is 15.1. The first-order valence-corrected chi connectivity index (χ1v) is 5.65. The largest absolute Gasteiger partial charge is 0.399 e. The van der Waals surface area contributed by atoms with E-state index in [1.165, 1.54) is 0 Å². The van der Waals surface area contributed by atoms with Crippen LogP contribution in [0.3, 0.4) is 0 Å². The number of rotatable bonds is 4. The molecule has 0 saturated heterocycles. The first-order valence-electron chi connectivity index (χ1n) is 5.65. The lowest BCUT2D eigenvalue weighted by Gasteiger charge is -2.28. The van der Waals surface area contributed by atoms with Crippen LogP contribution in [0.15, 0.2) is 37.0 Å². The second-order valence-corrected chi connectivity index (χ2v) is 4.93. The summed E-state index contributed by atoms with van der Waals surface area (Å²) < 4.78 is 0. The zero-order valence-electron chi connectivity index (χ0n) is 10.8. The second-order valence-electron chi connectivity index (χ2n) is 4.93. The van der Waals surface area contributed by atoms with Crippen molar-refractivity contribution in [1.82, 2.24) is 4.90 Å². The highest BCUT2D eigenvalue weighted by Crippen LogP contribution is 2.28. The Labute approximate surface area is 103 Å². The van der Waals surface area contributed by atoms with Gasteiger partial charge in [0.25, 0.3) is 0 Å². The quantitative estimate of drug-likeness (QED) is 0.475. The van der Waals surface area contributed by atoms with Crippen molar-refractivity contribution in [2.75, 3.05) is 12.8 Å². The Balaban J connectivity index is 2.88. The molecule has 0 bridgehead atoms. The van der Waals surface area contributed by atoms with Crippen LogP contribution in [0, 0.1) is 5.41 Å². The Morgan fingerprint density at radius 1 is 1.53 bits per heavy atom. The Hall–Kier alpha value is -1.77. The summed E-state index contributed by atoms with van der Waals surface area (Å²) in [6.07, 6.45) is 2.30. The highest BCUT2D eigenvalue weighted by Gasteiger charge is 2.23. The van der Waals surface area contributed by atoms with Gasteiger partial charge in [0.1, 0.15) is 5.84 Å². The van der Waals surface area contributed by atoms with Gasteiger partial charge in [-0.25, -0.2) is 0 Å². The van der Waals surface area contributed by atoms with Crippen LogP contribution in [0.1, 0.15) is 25.8 Å². The van der Waals surface area contributed by atoms with Gasteiger partial charge < -0.3 is 10.6 Å². The average molecular weight is 231 g/mol. The molecule has 0 aliphatic carbocycles. The Morgan fingerprint density at radius 3 is 2.71 bits per heavy atom. The van der Waals surface area contributed by atoms with E-state index in [9.17, 15) is 0 Å². The summed E-state index contributed by atoms with van der Waals surface area (Å²) >= 11 is 0. The molecule has 92 valence electrons. The molecule has 0 heterocycles. The minimum atomic E-state index is -0.107. The lowest BCUT2D eigenvalue weighted by atomic mass is 9.81. The van der Waals surface area contributed by atoms with Gasteiger partial charge in [-0.1, -0.05) is 32.6 Å². The molecule has 17 heavy (non-hydrogen) atoms. The monoisotopic (exact) mass is 231 g/mol. The number of nitrogens with one attached hydrogen (secondary N) is 1. The van der Waals surface area contributed by atoms with Crippen molar-refractivity contribution in [3.63, 3.8) is 0 Å². The van der Waals surface area contributed by atoms with Crippen molar-refractivity contribution in [3.8, 4) is 0 Å². The van der Waals surface area contributed by atoms with Crippen molar-refractivity contribution in [2.24, 2.45) is 0 Å². The van der Waals surface area contributed by atoms with Crippen LogP contribution < -0.4 is 5.73 Å². The van der Waals surface area contributed by atoms with Crippen LogP contribution >= 0.6 is 0 Å². The van der Waals surface area contributed by atoms with E-state index in [4.69, 9.17) is 11.1 Å². The van der Waals surface area contributed by atoms with Crippen LogP contribution in [0.5, 0.6) is 0 Å². The van der Waals surface area contributed by atoms with Crippen LogP contribution in [0.2, 0.25) is 0 Å². The summed E-state index contributed by atoms with van der Waals surface area (Å²) in [7, 11) is 1.84. The zero-order valence-corrected chi connectivity index (χ0v) is 10.8. The van der Waals surface area contributed by atoms with E-state index in [-0.39, 0.29) is 5.41 Å². The molecule has 0 amide bonds. The lowest BCUT2D eigenvalue weighted by molar-refractivity contribution is 0.515. The Morgan fingerprint density at radius 2 is 2.18 bits per heavy atom. The molecule has 0 radical (unpaired) electrons. The molecule has 0 fully saturated rings. The predicted octanol–water partition coefficient (Wildman–Crippen LogP) is 2.99. The molecule has 0 spiro atoms. The predicted molar refractivity (Wildman–Crippen MR) is 74.2 cm³/mol. The molecule has 0 aliphatic heterocycles. The second kappa shape index (κ2) is 5.04. The molecule has 0 aliphatic rings. The van der Waals surface area contributed by atoms with E-state index in [1.54, 1.807) is 11.1 Å². The van der Waals surface area contributed by atoms with Gasteiger partial charge in [0, 0.05) is 19.2 Å². The normalized spacial score (nSPS) is 11.0. The SMILES string of the molecule is C=CN(C)C(=N)CC(C)(C)c1cccc(N)c1. The van der Waals surface area contributed by atoms with E-state index in [1.807, 2.05) is 25.2 Å². The van der Waals surface area contributed by atoms with Gasteiger partial charge in [-0.2, -0.15) is 0 Å². The number of hydrogen-bond acceptors (Lipinski definition) is 2. The van der Waals surface area contributed by atoms with Crippen molar-refractivity contribution < 1.29 is 0 Å². The third-order valence-electron chi connectivity index (χ3n) is 2.98. The minimum absolute atomic E-state index is 0.107. The average Bonchev–Trinajstić information content (AvgIpc) is 2.27. The van der Waals surface area contributed by atoms with Crippen molar-refractivity contribution >= 4 is 11.5 Å². The standard InChI is InChI=1S/C14H21N3/c1-5-17(4)13(16)10-14(2,3)11-7-6-8-12(15)9-11/h5-9,16H,1,10,15H2,2-4H3. The summed E-state index contributed by atoms with van der Waals surface area (Å²) in [5.74, 6) is 0.549. The number of nitrogens with zero attached hydrogens (tertiary/aromatic N) is 1. The van der Waals surface area contributed by atoms with Crippen molar-refractivity contribution in [3.05, 3.63) is 42.6 Å². The Kier molecular flexibility index (Phi) is 3.94. The first kappa shape index (κ1) is 13.3. The fraction of sp³-hybridized carbons (Fsp3) is 0.357. The third kappa shape index (κ3) is 3.34. The molecule has 1 aromatic carbocycles. The van der Waals surface area contributed by atoms with Crippen molar-refractivity contribution in [2.45, 2.75) is 25.7 Å². The summed E-state index contributed by atoms with van der Waals surface area (Å²) in [6.45, 7) is 7.90. The fourth-order valence-corrected chi connectivity index (χ4v) is 1.72. The van der Waals surface area contributed by atoms with E-state index >= 15 is 0 Å². The maximum Gasteiger partial charge on any atom is 0.100 e. The van der Waals surface area contributed by atoms with Crippen LogP contribution in [0.4, 0.5) is 5.69 Å². The number of hydrogen-bond donors (Lipinski definition) is 2. The van der Waals surface area contributed by atoms with Gasteiger partial charge in [0.2, 0.25) is 0 Å². The molecule has 1 rings (SSSR count). The van der Waals surface area contributed by atoms with E-state index in [0.29, 0.717) is 12.3 Å². The molecule has 1 aromatic rings. The molecular formula is C14H21N3. The van der Waals surface area contributed by atoms with E-state index in [0.717, 1.165) is 11.3 Å². The number of anilines is 1. The molecule has 3 heteroatoms. The van der Waals surface area contributed by atoms with E-state index < -0.39 is 0 Å².